The molecule has 0 saturated heterocycles. The molecule has 2 heterocycles. The molecule has 0 aliphatic heterocycles. The first-order valence-electron chi connectivity index (χ1n) is 12.3. The van der Waals surface area contributed by atoms with Gasteiger partial charge in [0.05, 0.1) is 5.69 Å². The molecule has 4 N–H and O–H groups in total. The van der Waals surface area contributed by atoms with Gasteiger partial charge >= 0.3 is 0 Å². The van der Waals surface area contributed by atoms with E-state index >= 15 is 0 Å². The Kier molecular flexibility index (Phi) is 7.31. The van der Waals surface area contributed by atoms with Gasteiger partial charge in [-0.05, 0) is 72.6 Å². The minimum absolute atomic E-state index is 0.127. The lowest BCUT2D eigenvalue weighted by molar-refractivity contribution is 0.0953. The molecule has 8 nitrogen and oxygen atoms in total. The van der Waals surface area contributed by atoms with Crippen molar-refractivity contribution in [2.24, 2.45) is 0 Å². The average Bonchev–Trinajstić information content (AvgIpc) is 3.40. The number of carbonyl (C=O) groups excluding carboxylic acids is 1. The second kappa shape index (κ2) is 11.3. The highest BCUT2D eigenvalue weighted by Crippen LogP contribution is 2.34. The molecule has 0 bridgehead atoms. The summed E-state index contributed by atoms with van der Waals surface area (Å²) in [5.74, 6) is 0.834. The Balaban J connectivity index is 1.29. The number of benzene rings is 3. The van der Waals surface area contributed by atoms with Crippen molar-refractivity contribution in [2.75, 3.05) is 18.4 Å². The van der Waals surface area contributed by atoms with Gasteiger partial charge in [0.2, 0.25) is 0 Å². The molecule has 0 fully saturated rings. The van der Waals surface area contributed by atoms with E-state index in [1.807, 2.05) is 59.4 Å². The van der Waals surface area contributed by atoms with E-state index in [1.54, 1.807) is 36.5 Å². The van der Waals surface area contributed by atoms with Gasteiger partial charge in [-0.2, -0.15) is 5.10 Å². The lowest BCUT2D eigenvalue weighted by atomic mass is 10.0. The molecule has 190 valence electrons. The van der Waals surface area contributed by atoms with Gasteiger partial charge in [-0.1, -0.05) is 30.3 Å². The van der Waals surface area contributed by atoms with Gasteiger partial charge < -0.3 is 20.8 Å². The maximum Gasteiger partial charge on any atom is 0.251 e. The third-order valence-electron chi connectivity index (χ3n) is 6.00. The van der Waals surface area contributed by atoms with Crippen molar-refractivity contribution in [3.63, 3.8) is 0 Å². The summed E-state index contributed by atoms with van der Waals surface area (Å²) in [5.41, 5.74) is 4.84. The Morgan fingerprint density at radius 1 is 0.816 bits per heavy atom. The van der Waals surface area contributed by atoms with Gasteiger partial charge in [0, 0.05) is 42.2 Å². The minimum Gasteiger partial charge on any atom is -0.508 e. The van der Waals surface area contributed by atoms with Crippen LogP contribution in [-0.4, -0.2) is 44.0 Å². The van der Waals surface area contributed by atoms with Crippen molar-refractivity contribution in [1.82, 2.24) is 20.1 Å². The van der Waals surface area contributed by atoms with Crippen molar-refractivity contribution >= 4 is 11.7 Å². The van der Waals surface area contributed by atoms with E-state index in [-0.39, 0.29) is 17.4 Å². The number of pyridine rings is 1. The van der Waals surface area contributed by atoms with Crippen molar-refractivity contribution in [1.29, 1.82) is 0 Å². The standard InChI is InChI=1S/C30H27N5O3/c36-25-12-10-21(11-13-25)30(38)33-16-5-15-31-28-19-22(14-17-32-28)27-20-35(24-7-2-1-3-8-24)34-29(27)23-6-4-9-26(37)18-23/h1-4,6-14,17-20,36-37H,5,15-16H2,(H,31,32)(H,33,38). The van der Waals surface area contributed by atoms with Gasteiger partial charge in [-0.3, -0.25) is 4.79 Å². The third kappa shape index (κ3) is 5.82. The van der Waals surface area contributed by atoms with Gasteiger partial charge in [-0.15, -0.1) is 0 Å². The second-order valence-electron chi connectivity index (χ2n) is 8.73. The van der Waals surface area contributed by atoms with Crippen molar-refractivity contribution in [3.8, 4) is 39.6 Å². The lowest BCUT2D eigenvalue weighted by Gasteiger charge is -2.09. The molecule has 0 spiro atoms. The molecular weight excluding hydrogens is 478 g/mol. The number of hydrogen-bond donors (Lipinski definition) is 4. The summed E-state index contributed by atoms with van der Waals surface area (Å²) in [6.07, 6.45) is 4.43. The zero-order valence-electron chi connectivity index (χ0n) is 20.6. The van der Waals surface area contributed by atoms with Crippen LogP contribution in [0.25, 0.3) is 28.1 Å². The van der Waals surface area contributed by atoms with Crippen LogP contribution in [0, 0.1) is 0 Å². The third-order valence-corrected chi connectivity index (χ3v) is 6.00. The highest BCUT2D eigenvalue weighted by molar-refractivity contribution is 5.94. The van der Waals surface area contributed by atoms with Crippen LogP contribution in [0.2, 0.25) is 0 Å². The van der Waals surface area contributed by atoms with Crippen molar-refractivity contribution in [3.05, 3.63) is 109 Å². The summed E-state index contributed by atoms with van der Waals surface area (Å²) in [4.78, 5) is 16.7. The first-order valence-corrected chi connectivity index (χ1v) is 12.3. The number of aromatic hydroxyl groups is 2. The summed E-state index contributed by atoms with van der Waals surface area (Å²) < 4.78 is 1.83. The molecule has 5 rings (SSSR count). The second-order valence-corrected chi connectivity index (χ2v) is 8.73. The van der Waals surface area contributed by atoms with Gasteiger partial charge in [0.25, 0.3) is 5.91 Å². The number of phenols is 2. The zero-order chi connectivity index (χ0) is 26.3. The quantitative estimate of drug-likeness (QED) is 0.204. The molecule has 0 atom stereocenters. The van der Waals surface area contributed by atoms with E-state index < -0.39 is 0 Å². The predicted octanol–water partition coefficient (Wildman–Crippen LogP) is 5.24. The number of para-hydroxylation sites is 1. The van der Waals surface area contributed by atoms with E-state index in [0.717, 1.165) is 28.1 Å². The number of carbonyl (C=O) groups is 1. The maximum atomic E-state index is 12.2. The van der Waals surface area contributed by atoms with Crippen LogP contribution in [0.1, 0.15) is 16.8 Å². The van der Waals surface area contributed by atoms with Crippen LogP contribution in [-0.2, 0) is 0 Å². The van der Waals surface area contributed by atoms with Crippen molar-refractivity contribution < 1.29 is 15.0 Å². The van der Waals surface area contributed by atoms with Gasteiger partial charge in [0.15, 0.2) is 0 Å². The summed E-state index contributed by atoms with van der Waals surface area (Å²) in [7, 11) is 0. The Labute approximate surface area is 220 Å². The smallest absolute Gasteiger partial charge is 0.251 e. The molecule has 5 aromatic rings. The monoisotopic (exact) mass is 505 g/mol. The highest BCUT2D eigenvalue weighted by Gasteiger charge is 2.15. The summed E-state index contributed by atoms with van der Waals surface area (Å²) in [6, 6.07) is 27.0. The fourth-order valence-electron chi connectivity index (χ4n) is 4.08. The molecule has 8 heteroatoms. The number of rotatable bonds is 9. The Morgan fingerprint density at radius 3 is 2.42 bits per heavy atom. The number of anilines is 1. The lowest BCUT2D eigenvalue weighted by Crippen LogP contribution is -2.25. The van der Waals surface area contributed by atoms with Crippen LogP contribution in [0.15, 0.2) is 103 Å². The molecule has 38 heavy (non-hydrogen) atoms. The SMILES string of the molecule is O=C(NCCCNc1cc(-c2cn(-c3ccccc3)nc2-c2cccc(O)c2)ccn1)c1ccc(O)cc1. The Morgan fingerprint density at radius 2 is 1.63 bits per heavy atom. The maximum absolute atomic E-state index is 12.2. The van der Waals surface area contributed by atoms with Crippen molar-refractivity contribution in [2.45, 2.75) is 6.42 Å². The number of aromatic nitrogens is 3. The molecule has 0 radical (unpaired) electrons. The Bertz CT molecular complexity index is 1530. The summed E-state index contributed by atoms with van der Waals surface area (Å²) >= 11 is 0. The molecule has 2 aromatic heterocycles. The van der Waals surface area contributed by atoms with Crippen LogP contribution < -0.4 is 10.6 Å². The molecule has 3 aromatic carbocycles. The molecular formula is C30H27N5O3. The normalized spacial score (nSPS) is 10.7. The molecule has 0 saturated carbocycles. The first kappa shape index (κ1) is 24.6. The van der Waals surface area contributed by atoms with Crippen LogP contribution in [0.5, 0.6) is 11.5 Å². The highest BCUT2D eigenvalue weighted by atomic mass is 16.3. The zero-order valence-corrected chi connectivity index (χ0v) is 20.6. The van der Waals surface area contributed by atoms with Gasteiger partial charge in [0.1, 0.15) is 23.0 Å². The summed E-state index contributed by atoms with van der Waals surface area (Å²) in [5, 5.41) is 30.5. The number of hydrogen-bond acceptors (Lipinski definition) is 6. The van der Waals surface area contributed by atoms with Crippen LogP contribution >= 0.6 is 0 Å². The van der Waals surface area contributed by atoms with E-state index in [0.29, 0.717) is 30.9 Å². The van der Waals surface area contributed by atoms with E-state index in [4.69, 9.17) is 5.10 Å². The van der Waals surface area contributed by atoms with Crippen LogP contribution in [0.3, 0.4) is 0 Å². The number of phenolic OH excluding ortho intramolecular Hbond substituents is 2. The average molecular weight is 506 g/mol. The largest absolute Gasteiger partial charge is 0.508 e. The number of nitrogens with one attached hydrogen (secondary N) is 2. The Hall–Kier alpha value is -5.11. The van der Waals surface area contributed by atoms with E-state index in [9.17, 15) is 15.0 Å². The molecule has 0 aliphatic carbocycles. The van der Waals surface area contributed by atoms with E-state index in [2.05, 4.69) is 15.6 Å². The fraction of sp³-hybridized carbons (Fsp3) is 0.100. The molecule has 0 aliphatic rings. The van der Waals surface area contributed by atoms with E-state index in [1.165, 1.54) is 12.1 Å². The fourth-order valence-corrected chi connectivity index (χ4v) is 4.08. The topological polar surface area (TPSA) is 112 Å². The van der Waals surface area contributed by atoms with Gasteiger partial charge in [-0.25, -0.2) is 9.67 Å². The minimum atomic E-state index is -0.181. The molecule has 0 unspecified atom stereocenters. The first-order chi connectivity index (χ1) is 18.6. The van der Waals surface area contributed by atoms with Crippen LogP contribution in [0.4, 0.5) is 5.82 Å². The summed E-state index contributed by atoms with van der Waals surface area (Å²) in [6.45, 7) is 1.12. The molecule has 1 amide bonds. The number of nitrogens with zero attached hydrogens (tertiary/aromatic N) is 3. The predicted molar refractivity (Wildman–Crippen MR) is 147 cm³/mol. The number of amides is 1.